The van der Waals surface area contributed by atoms with E-state index in [0.717, 1.165) is 4.88 Å². The number of carbonyl (C=O) groups excluding carboxylic acids is 2. The van der Waals surface area contributed by atoms with E-state index in [1.807, 2.05) is 0 Å². The second-order valence-corrected chi connectivity index (χ2v) is 6.23. The summed E-state index contributed by atoms with van der Waals surface area (Å²) in [6, 6.07) is 1.62. The normalized spacial score (nSPS) is 11.0. The third-order valence-electron chi connectivity index (χ3n) is 2.11. The number of nitrogens with two attached hydrogens (primary N) is 1. The number of anilines is 1. The van der Waals surface area contributed by atoms with Gasteiger partial charge in [-0.05, 0) is 33.8 Å². The molecule has 1 amide bonds. The molecule has 0 aliphatic carbocycles. The van der Waals surface area contributed by atoms with Gasteiger partial charge in [-0.3, -0.25) is 0 Å². The van der Waals surface area contributed by atoms with Crippen LogP contribution in [0, 0.1) is 0 Å². The van der Waals surface area contributed by atoms with Gasteiger partial charge in [0.15, 0.2) is 0 Å². The van der Waals surface area contributed by atoms with E-state index in [4.69, 9.17) is 15.2 Å². The summed E-state index contributed by atoms with van der Waals surface area (Å²) < 4.78 is 10.0. The first-order chi connectivity index (χ1) is 9.23. The zero-order valence-corrected chi connectivity index (χ0v) is 12.9. The lowest BCUT2D eigenvalue weighted by Crippen LogP contribution is -2.31. The van der Waals surface area contributed by atoms with Crippen molar-refractivity contribution >= 4 is 28.4 Å². The lowest BCUT2D eigenvalue weighted by molar-refractivity contribution is 0.0518. The van der Waals surface area contributed by atoms with Crippen LogP contribution in [0.1, 0.15) is 42.9 Å². The van der Waals surface area contributed by atoms with Gasteiger partial charge in [-0.15, -0.1) is 11.3 Å². The maximum atomic E-state index is 11.6. The van der Waals surface area contributed by atoms with E-state index in [1.165, 1.54) is 11.3 Å². The predicted octanol–water partition coefficient (Wildman–Crippen LogP) is 2.53. The van der Waals surface area contributed by atoms with Gasteiger partial charge in [0, 0.05) is 4.88 Å². The third-order valence-corrected chi connectivity index (χ3v) is 3.08. The monoisotopic (exact) mass is 300 g/mol. The number of alkyl carbamates (subject to hydrolysis) is 1. The average Bonchev–Trinajstić information content (AvgIpc) is 2.66. The molecule has 0 fully saturated rings. The molecule has 20 heavy (non-hydrogen) atoms. The molecule has 0 unspecified atom stereocenters. The molecule has 1 rings (SSSR count). The van der Waals surface area contributed by atoms with Gasteiger partial charge in [-0.1, -0.05) is 0 Å². The van der Waals surface area contributed by atoms with E-state index < -0.39 is 17.7 Å². The first-order valence-electron chi connectivity index (χ1n) is 6.25. The Morgan fingerprint density at radius 1 is 1.40 bits per heavy atom. The summed E-state index contributed by atoms with van der Waals surface area (Å²) in [6.45, 7) is 7.63. The van der Waals surface area contributed by atoms with Crippen molar-refractivity contribution in [3.63, 3.8) is 0 Å². The topological polar surface area (TPSA) is 90.6 Å². The number of amides is 1. The quantitative estimate of drug-likeness (QED) is 0.834. The molecular weight excluding hydrogens is 280 g/mol. The largest absolute Gasteiger partial charge is 0.462 e. The summed E-state index contributed by atoms with van der Waals surface area (Å²) in [5.74, 6) is -0.454. The summed E-state index contributed by atoms with van der Waals surface area (Å²) in [6.07, 6.45) is -0.512. The van der Waals surface area contributed by atoms with Gasteiger partial charge >= 0.3 is 12.1 Å². The zero-order chi connectivity index (χ0) is 15.3. The predicted molar refractivity (Wildman–Crippen MR) is 77.8 cm³/mol. The summed E-state index contributed by atoms with van der Waals surface area (Å²) in [4.78, 5) is 23.9. The highest BCUT2D eigenvalue weighted by Gasteiger charge is 2.18. The molecule has 0 atom stereocenters. The molecule has 0 saturated carbocycles. The molecule has 0 saturated heterocycles. The Kier molecular flexibility index (Phi) is 5.38. The summed E-state index contributed by atoms with van der Waals surface area (Å²) in [5, 5.41) is 2.99. The molecule has 0 aliphatic heterocycles. The fourth-order valence-corrected chi connectivity index (χ4v) is 2.24. The molecule has 0 spiro atoms. The molecule has 112 valence electrons. The fourth-order valence-electron chi connectivity index (χ4n) is 1.39. The SMILES string of the molecule is CCOC(=O)c1cc(CNC(=O)OC(C)(C)C)sc1N. The molecule has 3 N–H and O–H groups in total. The van der Waals surface area contributed by atoms with Crippen molar-refractivity contribution < 1.29 is 19.1 Å². The Morgan fingerprint density at radius 3 is 2.60 bits per heavy atom. The van der Waals surface area contributed by atoms with Gasteiger partial charge in [-0.2, -0.15) is 0 Å². The van der Waals surface area contributed by atoms with Crippen molar-refractivity contribution in [2.24, 2.45) is 0 Å². The molecule has 1 aromatic rings. The van der Waals surface area contributed by atoms with Crippen LogP contribution < -0.4 is 11.1 Å². The van der Waals surface area contributed by atoms with Crippen LogP contribution in [0.2, 0.25) is 0 Å². The van der Waals surface area contributed by atoms with Crippen LogP contribution in [0.4, 0.5) is 9.80 Å². The second kappa shape index (κ2) is 6.60. The smallest absolute Gasteiger partial charge is 0.407 e. The van der Waals surface area contributed by atoms with Crippen molar-refractivity contribution in [2.75, 3.05) is 12.3 Å². The maximum absolute atomic E-state index is 11.6. The van der Waals surface area contributed by atoms with Crippen LogP contribution in [0.5, 0.6) is 0 Å². The number of rotatable bonds is 4. The number of nitrogens with one attached hydrogen (secondary N) is 1. The summed E-state index contributed by atoms with van der Waals surface area (Å²) >= 11 is 1.24. The van der Waals surface area contributed by atoms with Gasteiger partial charge in [0.2, 0.25) is 0 Å². The Bertz CT molecular complexity index is 491. The summed E-state index contributed by atoms with van der Waals surface area (Å²) in [5.41, 5.74) is 5.54. The second-order valence-electron chi connectivity index (χ2n) is 5.07. The number of carbonyl (C=O) groups is 2. The number of nitrogen functional groups attached to an aromatic ring is 1. The molecule has 1 heterocycles. The Morgan fingerprint density at radius 2 is 2.05 bits per heavy atom. The highest BCUT2D eigenvalue weighted by Crippen LogP contribution is 2.25. The Labute approximate surface area is 122 Å². The number of thiophene rings is 1. The van der Waals surface area contributed by atoms with E-state index in [2.05, 4.69) is 5.32 Å². The van der Waals surface area contributed by atoms with Gasteiger partial charge in [0.05, 0.1) is 18.7 Å². The van der Waals surface area contributed by atoms with Gasteiger partial charge < -0.3 is 20.5 Å². The van der Waals surface area contributed by atoms with Crippen LogP contribution in [-0.4, -0.2) is 24.3 Å². The Hall–Kier alpha value is -1.76. The lowest BCUT2D eigenvalue weighted by Gasteiger charge is -2.19. The Balaban J connectivity index is 2.60. The summed E-state index contributed by atoms with van der Waals surface area (Å²) in [7, 11) is 0. The van der Waals surface area contributed by atoms with Crippen molar-refractivity contribution in [1.82, 2.24) is 5.32 Å². The maximum Gasteiger partial charge on any atom is 0.407 e. The van der Waals surface area contributed by atoms with E-state index >= 15 is 0 Å². The van der Waals surface area contributed by atoms with E-state index in [0.29, 0.717) is 17.2 Å². The van der Waals surface area contributed by atoms with Crippen molar-refractivity contribution in [2.45, 2.75) is 39.8 Å². The van der Waals surface area contributed by atoms with Crippen LogP contribution >= 0.6 is 11.3 Å². The number of hydrogen-bond acceptors (Lipinski definition) is 6. The highest BCUT2D eigenvalue weighted by atomic mass is 32.1. The van der Waals surface area contributed by atoms with Crippen LogP contribution in [-0.2, 0) is 16.0 Å². The zero-order valence-electron chi connectivity index (χ0n) is 12.1. The van der Waals surface area contributed by atoms with E-state index in [9.17, 15) is 9.59 Å². The molecule has 1 aromatic heterocycles. The van der Waals surface area contributed by atoms with Gasteiger partial charge in [-0.25, -0.2) is 9.59 Å². The van der Waals surface area contributed by atoms with E-state index in [-0.39, 0.29) is 6.54 Å². The van der Waals surface area contributed by atoms with Gasteiger partial charge in [0.25, 0.3) is 0 Å². The first-order valence-corrected chi connectivity index (χ1v) is 7.06. The van der Waals surface area contributed by atoms with Crippen molar-refractivity contribution in [1.29, 1.82) is 0 Å². The van der Waals surface area contributed by atoms with Crippen LogP contribution in [0.15, 0.2) is 6.07 Å². The standard InChI is InChI=1S/C13H20N2O4S/c1-5-18-11(16)9-6-8(20-10(9)14)7-15-12(17)19-13(2,3)4/h6H,5,7,14H2,1-4H3,(H,15,17). The molecule has 0 bridgehead atoms. The van der Waals surface area contributed by atoms with E-state index in [1.54, 1.807) is 33.8 Å². The van der Waals surface area contributed by atoms with Crippen molar-refractivity contribution in [3.8, 4) is 0 Å². The van der Waals surface area contributed by atoms with Crippen LogP contribution in [0.3, 0.4) is 0 Å². The molecular formula is C13H20N2O4S. The van der Waals surface area contributed by atoms with Crippen molar-refractivity contribution in [3.05, 3.63) is 16.5 Å². The van der Waals surface area contributed by atoms with Crippen LogP contribution in [0.25, 0.3) is 0 Å². The minimum absolute atomic E-state index is 0.253. The van der Waals surface area contributed by atoms with Gasteiger partial charge in [0.1, 0.15) is 10.6 Å². The molecule has 0 aromatic carbocycles. The number of hydrogen-bond donors (Lipinski definition) is 2. The third kappa shape index (κ3) is 5.08. The highest BCUT2D eigenvalue weighted by molar-refractivity contribution is 7.16. The minimum atomic E-state index is -0.547. The molecule has 0 radical (unpaired) electrons. The molecule has 6 nitrogen and oxygen atoms in total. The molecule has 0 aliphatic rings. The minimum Gasteiger partial charge on any atom is -0.462 e. The number of esters is 1. The fraction of sp³-hybridized carbons (Fsp3) is 0.538. The lowest BCUT2D eigenvalue weighted by atomic mass is 10.2. The number of ether oxygens (including phenoxy) is 2. The average molecular weight is 300 g/mol. The first kappa shape index (κ1) is 16.3. The molecule has 7 heteroatoms.